The molecule has 1 fully saturated rings. The van der Waals surface area contributed by atoms with Crippen LogP contribution in [0.4, 0.5) is 4.39 Å². The number of hydrogen-bond donors (Lipinski definition) is 2. The van der Waals surface area contributed by atoms with Crippen molar-refractivity contribution >= 4 is 5.97 Å². The van der Waals surface area contributed by atoms with Gasteiger partial charge in [-0.1, -0.05) is 18.2 Å². The Morgan fingerprint density at radius 1 is 1.26 bits per heavy atom. The monoisotopic (exact) mass is 487 g/mol. The van der Waals surface area contributed by atoms with E-state index in [9.17, 15) is 14.3 Å². The minimum atomic E-state index is -0.845. The van der Waals surface area contributed by atoms with E-state index < -0.39 is 12.1 Å². The Hall–Kier alpha value is -2.48. The summed E-state index contributed by atoms with van der Waals surface area (Å²) >= 11 is 0. The van der Waals surface area contributed by atoms with Crippen molar-refractivity contribution in [3.8, 4) is 5.75 Å². The summed E-state index contributed by atoms with van der Waals surface area (Å²) in [6, 6.07) is 11.3. The normalized spacial score (nSPS) is 17.9. The van der Waals surface area contributed by atoms with Crippen LogP contribution < -0.4 is 4.74 Å². The molecular formula is C28H38FNO5. The maximum Gasteiger partial charge on any atom is 0.303 e. The van der Waals surface area contributed by atoms with E-state index in [-0.39, 0.29) is 31.0 Å². The van der Waals surface area contributed by atoms with Crippen molar-refractivity contribution < 1.29 is 28.9 Å². The first-order chi connectivity index (χ1) is 16.8. The van der Waals surface area contributed by atoms with Gasteiger partial charge < -0.3 is 19.7 Å². The molecular weight excluding hydrogens is 449 g/mol. The fourth-order valence-corrected chi connectivity index (χ4v) is 4.75. The Bertz CT molecular complexity index is 982. The van der Waals surface area contributed by atoms with Gasteiger partial charge in [0.2, 0.25) is 0 Å². The van der Waals surface area contributed by atoms with Crippen molar-refractivity contribution in [2.24, 2.45) is 0 Å². The number of aliphatic hydroxyl groups excluding tert-OH is 1. The van der Waals surface area contributed by atoms with Gasteiger partial charge in [-0.3, -0.25) is 9.69 Å². The molecule has 0 aromatic heterocycles. The zero-order chi connectivity index (χ0) is 25.4. The molecule has 2 aromatic rings. The SMILES string of the molecule is CCOc1ccc(CCC(=O)O)c([C@@H](C)OC[C@H](O)CN2CCC[C@H]2Cc2ccc(C)c(F)c2)c1. The zero-order valence-corrected chi connectivity index (χ0v) is 21.0. The molecule has 0 unspecified atom stereocenters. The Balaban J connectivity index is 1.57. The summed E-state index contributed by atoms with van der Waals surface area (Å²) in [5.74, 6) is -0.307. The number of ether oxygens (including phenoxy) is 2. The number of aryl methyl sites for hydroxylation is 2. The third kappa shape index (κ3) is 8.02. The number of aliphatic hydroxyl groups is 1. The van der Waals surface area contributed by atoms with Crippen molar-refractivity contribution in [3.63, 3.8) is 0 Å². The molecule has 1 aliphatic rings. The van der Waals surface area contributed by atoms with Gasteiger partial charge in [0.15, 0.2) is 0 Å². The zero-order valence-electron chi connectivity index (χ0n) is 21.0. The second-order valence-corrected chi connectivity index (χ2v) is 9.40. The Labute approximate surface area is 207 Å². The van der Waals surface area contributed by atoms with Crippen LogP contribution in [-0.2, 0) is 22.4 Å². The molecule has 1 aliphatic heterocycles. The van der Waals surface area contributed by atoms with Crippen LogP contribution in [0.3, 0.4) is 0 Å². The number of carboxylic acid groups (broad SMARTS) is 1. The van der Waals surface area contributed by atoms with Crippen molar-refractivity contribution in [1.29, 1.82) is 0 Å². The van der Waals surface area contributed by atoms with Crippen LogP contribution in [0.1, 0.15) is 61.5 Å². The van der Waals surface area contributed by atoms with E-state index in [1.54, 1.807) is 13.0 Å². The van der Waals surface area contributed by atoms with E-state index in [0.717, 1.165) is 42.5 Å². The van der Waals surface area contributed by atoms with Crippen molar-refractivity contribution in [1.82, 2.24) is 4.90 Å². The van der Waals surface area contributed by atoms with E-state index in [1.165, 1.54) is 0 Å². The number of carboxylic acids is 1. The summed E-state index contributed by atoms with van der Waals surface area (Å²) < 4.78 is 25.6. The molecule has 6 nitrogen and oxygen atoms in total. The number of benzene rings is 2. The standard InChI is InChI=1S/C28H38FNO5/c1-4-34-25-11-9-22(10-12-28(32)33)26(16-25)20(3)35-18-24(31)17-30-13-5-6-23(30)14-21-8-7-19(2)27(29)15-21/h7-9,11,15-16,20,23-24,31H,4-6,10,12-14,17-18H2,1-3H3,(H,32,33)/t20-,23+,24-/m1/s1. The van der Waals surface area contributed by atoms with Crippen LogP contribution in [0.5, 0.6) is 5.75 Å². The first kappa shape index (κ1) is 27.1. The van der Waals surface area contributed by atoms with Crippen LogP contribution in [0.25, 0.3) is 0 Å². The van der Waals surface area contributed by atoms with Crippen LogP contribution in [0.2, 0.25) is 0 Å². The average Bonchev–Trinajstić information content (AvgIpc) is 3.25. The highest BCUT2D eigenvalue weighted by Gasteiger charge is 2.27. The Morgan fingerprint density at radius 2 is 2.06 bits per heavy atom. The summed E-state index contributed by atoms with van der Waals surface area (Å²) in [5.41, 5.74) is 3.41. The molecule has 1 saturated heterocycles. The third-order valence-electron chi connectivity index (χ3n) is 6.67. The lowest BCUT2D eigenvalue weighted by molar-refractivity contribution is -0.136. The van der Waals surface area contributed by atoms with E-state index in [4.69, 9.17) is 14.6 Å². The molecule has 192 valence electrons. The Kier molecular flexibility index (Phi) is 10.1. The van der Waals surface area contributed by atoms with E-state index in [2.05, 4.69) is 4.90 Å². The van der Waals surface area contributed by atoms with Gasteiger partial charge in [-0.2, -0.15) is 0 Å². The van der Waals surface area contributed by atoms with Gasteiger partial charge in [0.1, 0.15) is 11.6 Å². The molecule has 2 aromatic carbocycles. The fourth-order valence-electron chi connectivity index (χ4n) is 4.75. The van der Waals surface area contributed by atoms with Crippen molar-refractivity contribution in [2.75, 3.05) is 26.3 Å². The van der Waals surface area contributed by atoms with Crippen LogP contribution in [0.15, 0.2) is 36.4 Å². The second kappa shape index (κ2) is 13.0. The number of rotatable bonds is 13. The summed E-state index contributed by atoms with van der Waals surface area (Å²) in [4.78, 5) is 13.3. The lowest BCUT2D eigenvalue weighted by Crippen LogP contribution is -2.39. The quantitative estimate of drug-likeness (QED) is 0.427. The maximum absolute atomic E-state index is 14.0. The molecule has 0 amide bonds. The predicted molar refractivity (Wildman–Crippen MR) is 133 cm³/mol. The van der Waals surface area contributed by atoms with Gasteiger partial charge >= 0.3 is 5.97 Å². The van der Waals surface area contributed by atoms with E-state index in [1.807, 2.05) is 44.2 Å². The van der Waals surface area contributed by atoms with Gasteiger partial charge in [0.05, 0.1) is 25.4 Å². The van der Waals surface area contributed by atoms with Gasteiger partial charge in [-0.15, -0.1) is 0 Å². The fraction of sp³-hybridized carbons (Fsp3) is 0.536. The minimum absolute atomic E-state index is 0.0392. The van der Waals surface area contributed by atoms with Gasteiger partial charge in [0, 0.05) is 19.0 Å². The lowest BCUT2D eigenvalue weighted by Gasteiger charge is -2.28. The smallest absolute Gasteiger partial charge is 0.303 e. The van der Waals surface area contributed by atoms with Crippen molar-refractivity contribution in [3.05, 3.63) is 64.5 Å². The number of carbonyl (C=O) groups is 1. The summed E-state index contributed by atoms with van der Waals surface area (Å²) in [5, 5.41) is 19.8. The highest BCUT2D eigenvalue weighted by molar-refractivity contribution is 5.67. The third-order valence-corrected chi connectivity index (χ3v) is 6.67. The molecule has 35 heavy (non-hydrogen) atoms. The largest absolute Gasteiger partial charge is 0.494 e. The molecule has 0 spiro atoms. The molecule has 2 N–H and O–H groups in total. The first-order valence-electron chi connectivity index (χ1n) is 12.5. The van der Waals surface area contributed by atoms with Crippen LogP contribution in [0, 0.1) is 12.7 Å². The Morgan fingerprint density at radius 3 is 2.77 bits per heavy atom. The number of β-amino-alcohol motifs (C(OH)–C–C–N with tert-alkyl or cyclic N) is 1. The topological polar surface area (TPSA) is 79.2 Å². The summed E-state index contributed by atoms with van der Waals surface area (Å²) in [6.45, 7) is 7.69. The highest BCUT2D eigenvalue weighted by atomic mass is 19.1. The van der Waals surface area contributed by atoms with Gasteiger partial charge in [0.25, 0.3) is 0 Å². The molecule has 0 aliphatic carbocycles. The van der Waals surface area contributed by atoms with Crippen molar-refractivity contribution in [2.45, 2.75) is 71.1 Å². The highest BCUT2D eigenvalue weighted by Crippen LogP contribution is 2.28. The van der Waals surface area contributed by atoms with Gasteiger partial charge in [-0.05, 0) is 93.5 Å². The predicted octanol–water partition coefficient (Wildman–Crippen LogP) is 4.70. The van der Waals surface area contributed by atoms with Crippen LogP contribution >= 0.6 is 0 Å². The second-order valence-electron chi connectivity index (χ2n) is 9.40. The van der Waals surface area contributed by atoms with Gasteiger partial charge in [-0.25, -0.2) is 4.39 Å². The molecule has 1 heterocycles. The van der Waals surface area contributed by atoms with E-state index >= 15 is 0 Å². The number of likely N-dealkylation sites (tertiary alicyclic amines) is 1. The molecule has 3 rings (SSSR count). The minimum Gasteiger partial charge on any atom is -0.494 e. The summed E-state index contributed by atoms with van der Waals surface area (Å²) in [7, 11) is 0. The number of hydrogen-bond acceptors (Lipinski definition) is 5. The molecule has 3 atom stereocenters. The number of halogens is 1. The molecule has 0 bridgehead atoms. The lowest BCUT2D eigenvalue weighted by atomic mass is 9.98. The average molecular weight is 488 g/mol. The molecule has 0 saturated carbocycles. The number of aliphatic carboxylic acids is 1. The summed E-state index contributed by atoms with van der Waals surface area (Å²) in [6.07, 6.45) is 2.30. The van der Waals surface area contributed by atoms with Crippen LogP contribution in [-0.4, -0.2) is 59.5 Å². The maximum atomic E-state index is 14.0. The van der Waals surface area contributed by atoms with E-state index in [0.29, 0.717) is 30.9 Å². The molecule has 0 radical (unpaired) electrons. The molecule has 7 heteroatoms. The number of nitrogens with zero attached hydrogens (tertiary/aromatic N) is 1. The first-order valence-corrected chi connectivity index (χ1v) is 12.5.